The summed E-state index contributed by atoms with van der Waals surface area (Å²) < 4.78 is 15.3. The van der Waals surface area contributed by atoms with E-state index in [1.165, 1.54) is 0 Å². The lowest BCUT2D eigenvalue weighted by molar-refractivity contribution is -0.123. The van der Waals surface area contributed by atoms with Gasteiger partial charge in [-0.1, -0.05) is 6.07 Å². The van der Waals surface area contributed by atoms with Crippen LogP contribution in [0.3, 0.4) is 0 Å². The number of methoxy groups -OCH3 is 2. The van der Waals surface area contributed by atoms with Crippen molar-refractivity contribution in [3.05, 3.63) is 24.3 Å². The van der Waals surface area contributed by atoms with E-state index in [2.05, 4.69) is 5.32 Å². The first-order valence-corrected chi connectivity index (χ1v) is 5.78. The summed E-state index contributed by atoms with van der Waals surface area (Å²) in [5.74, 6) is 1.17. The number of hydrogen-bond acceptors (Lipinski definition) is 4. The van der Waals surface area contributed by atoms with Crippen molar-refractivity contribution >= 4 is 5.91 Å². The summed E-state index contributed by atoms with van der Waals surface area (Å²) in [4.78, 5) is 11.4. The van der Waals surface area contributed by atoms with Crippen molar-refractivity contribution in [2.24, 2.45) is 0 Å². The Morgan fingerprint density at radius 3 is 2.78 bits per heavy atom. The highest BCUT2D eigenvalue weighted by Crippen LogP contribution is 2.18. The molecule has 100 valence electrons. The minimum absolute atomic E-state index is 0.000149. The Morgan fingerprint density at radius 1 is 1.28 bits per heavy atom. The third kappa shape index (κ3) is 5.54. The molecule has 0 aliphatic heterocycles. The van der Waals surface area contributed by atoms with E-state index in [0.29, 0.717) is 24.7 Å². The normalized spacial score (nSPS) is 9.89. The zero-order valence-corrected chi connectivity index (χ0v) is 10.8. The van der Waals surface area contributed by atoms with E-state index in [1.54, 1.807) is 26.4 Å². The first kappa shape index (κ1) is 14.3. The van der Waals surface area contributed by atoms with E-state index in [1.807, 2.05) is 12.1 Å². The van der Waals surface area contributed by atoms with Gasteiger partial charge in [0, 0.05) is 26.3 Å². The van der Waals surface area contributed by atoms with Crippen molar-refractivity contribution in [3.63, 3.8) is 0 Å². The van der Waals surface area contributed by atoms with E-state index in [9.17, 15) is 4.79 Å². The molecule has 0 bridgehead atoms. The van der Waals surface area contributed by atoms with Crippen LogP contribution in [0.2, 0.25) is 0 Å². The number of hydrogen-bond donors (Lipinski definition) is 1. The summed E-state index contributed by atoms with van der Waals surface area (Å²) in [5, 5.41) is 2.74. The third-order valence-electron chi connectivity index (χ3n) is 2.26. The summed E-state index contributed by atoms with van der Waals surface area (Å²) in [6.45, 7) is 1.23. The van der Waals surface area contributed by atoms with Gasteiger partial charge in [0.2, 0.25) is 0 Å². The van der Waals surface area contributed by atoms with Crippen molar-refractivity contribution < 1.29 is 19.0 Å². The highest BCUT2D eigenvalue weighted by molar-refractivity contribution is 5.77. The smallest absolute Gasteiger partial charge is 0.257 e. The lowest BCUT2D eigenvalue weighted by atomic mass is 10.3. The van der Waals surface area contributed by atoms with Gasteiger partial charge in [0.1, 0.15) is 11.5 Å². The molecule has 0 spiro atoms. The van der Waals surface area contributed by atoms with E-state index < -0.39 is 0 Å². The van der Waals surface area contributed by atoms with Gasteiger partial charge < -0.3 is 19.5 Å². The predicted molar refractivity (Wildman–Crippen MR) is 68.0 cm³/mol. The molecular weight excluding hydrogens is 234 g/mol. The molecular formula is C13H19NO4. The third-order valence-corrected chi connectivity index (χ3v) is 2.26. The van der Waals surface area contributed by atoms with Gasteiger partial charge in [0.05, 0.1) is 7.11 Å². The minimum atomic E-state index is -0.145. The summed E-state index contributed by atoms with van der Waals surface area (Å²) >= 11 is 0. The van der Waals surface area contributed by atoms with Gasteiger partial charge >= 0.3 is 0 Å². The molecule has 0 aliphatic rings. The molecule has 0 heterocycles. The van der Waals surface area contributed by atoms with Crippen molar-refractivity contribution in [2.75, 3.05) is 34.0 Å². The van der Waals surface area contributed by atoms with Crippen LogP contribution in [-0.4, -0.2) is 39.9 Å². The molecule has 1 N–H and O–H groups in total. The number of nitrogens with one attached hydrogen (secondary N) is 1. The highest BCUT2D eigenvalue weighted by Gasteiger charge is 2.02. The zero-order valence-electron chi connectivity index (χ0n) is 10.8. The van der Waals surface area contributed by atoms with Crippen molar-refractivity contribution in [1.82, 2.24) is 5.32 Å². The first-order chi connectivity index (χ1) is 8.76. The van der Waals surface area contributed by atoms with Gasteiger partial charge in [-0.2, -0.15) is 0 Å². The maximum absolute atomic E-state index is 11.4. The molecule has 18 heavy (non-hydrogen) atoms. The largest absolute Gasteiger partial charge is 0.497 e. The molecule has 5 nitrogen and oxygen atoms in total. The maximum atomic E-state index is 11.4. The molecule has 5 heteroatoms. The van der Waals surface area contributed by atoms with E-state index in [0.717, 1.165) is 6.42 Å². The molecule has 0 radical (unpaired) electrons. The lowest BCUT2D eigenvalue weighted by Gasteiger charge is -2.08. The van der Waals surface area contributed by atoms with Crippen molar-refractivity contribution in [2.45, 2.75) is 6.42 Å². The van der Waals surface area contributed by atoms with Crippen LogP contribution in [0.25, 0.3) is 0 Å². The fourth-order valence-electron chi connectivity index (χ4n) is 1.34. The quantitative estimate of drug-likeness (QED) is 0.708. The van der Waals surface area contributed by atoms with Crippen LogP contribution in [0.15, 0.2) is 24.3 Å². The zero-order chi connectivity index (χ0) is 13.2. The SMILES string of the molecule is COCCCNC(=O)COc1cccc(OC)c1. The summed E-state index contributed by atoms with van der Waals surface area (Å²) in [6, 6.07) is 7.14. The fraction of sp³-hybridized carbons (Fsp3) is 0.462. The van der Waals surface area contributed by atoms with Crippen LogP contribution >= 0.6 is 0 Å². The number of ether oxygens (including phenoxy) is 3. The standard InChI is InChI=1S/C13H19NO4/c1-16-8-4-7-14-13(15)10-18-12-6-3-5-11(9-12)17-2/h3,5-6,9H,4,7-8,10H2,1-2H3,(H,14,15). The molecule has 0 atom stereocenters. The molecule has 1 amide bonds. The predicted octanol–water partition coefficient (Wildman–Crippen LogP) is 1.23. The number of carbonyl (C=O) groups excluding carboxylic acids is 1. The Bertz CT molecular complexity index is 368. The second-order valence-electron chi connectivity index (χ2n) is 3.66. The Balaban J connectivity index is 2.24. The molecule has 0 unspecified atom stereocenters. The second kappa shape index (κ2) is 8.36. The Hall–Kier alpha value is -1.75. The molecule has 1 rings (SSSR count). The van der Waals surface area contributed by atoms with Crippen molar-refractivity contribution in [1.29, 1.82) is 0 Å². The molecule has 0 fully saturated rings. The average molecular weight is 253 g/mol. The second-order valence-corrected chi connectivity index (χ2v) is 3.66. The topological polar surface area (TPSA) is 56.8 Å². The summed E-state index contributed by atoms with van der Waals surface area (Å²) in [5.41, 5.74) is 0. The Morgan fingerprint density at radius 2 is 2.06 bits per heavy atom. The van der Waals surface area contributed by atoms with Gasteiger partial charge in [-0.15, -0.1) is 0 Å². The van der Waals surface area contributed by atoms with Crippen LogP contribution in [0, 0.1) is 0 Å². The monoisotopic (exact) mass is 253 g/mol. The summed E-state index contributed by atoms with van der Waals surface area (Å²) in [6.07, 6.45) is 0.793. The molecule has 0 saturated heterocycles. The molecule has 0 aromatic heterocycles. The van der Waals surface area contributed by atoms with Crippen molar-refractivity contribution in [3.8, 4) is 11.5 Å². The number of amides is 1. The van der Waals surface area contributed by atoms with Crippen LogP contribution in [0.1, 0.15) is 6.42 Å². The van der Waals surface area contributed by atoms with Gasteiger partial charge in [-0.25, -0.2) is 0 Å². The maximum Gasteiger partial charge on any atom is 0.257 e. The van der Waals surface area contributed by atoms with Gasteiger partial charge in [-0.05, 0) is 18.6 Å². The van der Waals surface area contributed by atoms with Crippen LogP contribution in [-0.2, 0) is 9.53 Å². The Labute approximate surface area is 107 Å². The van der Waals surface area contributed by atoms with Gasteiger partial charge in [-0.3, -0.25) is 4.79 Å². The molecule has 0 aliphatic carbocycles. The molecule has 1 aromatic carbocycles. The lowest BCUT2D eigenvalue weighted by Crippen LogP contribution is -2.30. The van der Waals surface area contributed by atoms with E-state index in [4.69, 9.17) is 14.2 Å². The Kier molecular flexibility index (Phi) is 6.64. The van der Waals surface area contributed by atoms with Crippen LogP contribution in [0.4, 0.5) is 0 Å². The fourth-order valence-corrected chi connectivity index (χ4v) is 1.34. The number of carbonyl (C=O) groups is 1. The highest BCUT2D eigenvalue weighted by atomic mass is 16.5. The van der Waals surface area contributed by atoms with Gasteiger partial charge in [0.15, 0.2) is 6.61 Å². The first-order valence-electron chi connectivity index (χ1n) is 5.78. The minimum Gasteiger partial charge on any atom is -0.497 e. The number of rotatable bonds is 8. The van der Waals surface area contributed by atoms with Crippen LogP contribution in [0.5, 0.6) is 11.5 Å². The van der Waals surface area contributed by atoms with Gasteiger partial charge in [0.25, 0.3) is 5.91 Å². The number of benzene rings is 1. The average Bonchev–Trinajstić information content (AvgIpc) is 2.41. The van der Waals surface area contributed by atoms with E-state index >= 15 is 0 Å². The van der Waals surface area contributed by atoms with Crippen LogP contribution < -0.4 is 14.8 Å². The molecule has 1 aromatic rings. The molecule has 0 saturated carbocycles. The summed E-state index contributed by atoms with van der Waals surface area (Å²) in [7, 11) is 3.22. The van der Waals surface area contributed by atoms with E-state index in [-0.39, 0.29) is 12.5 Å².